The summed E-state index contributed by atoms with van der Waals surface area (Å²) in [6, 6.07) is 7.73. The topological polar surface area (TPSA) is 35.9 Å². The average molecular weight is 280 g/mol. The van der Waals surface area contributed by atoms with E-state index in [1.54, 1.807) is 0 Å². The number of aliphatic hydroxyl groups excluding tert-OH is 1. The molecular weight excluding hydrogens is 252 g/mol. The fourth-order valence-corrected chi connectivity index (χ4v) is 1.87. The van der Waals surface area contributed by atoms with Crippen molar-refractivity contribution in [3.8, 4) is 5.75 Å². The van der Waals surface area contributed by atoms with Gasteiger partial charge >= 0.3 is 0 Å². The number of rotatable bonds is 9. The quantitative estimate of drug-likeness (QED) is 0.750. The summed E-state index contributed by atoms with van der Waals surface area (Å²) in [7, 11) is 6.14. The van der Waals surface area contributed by atoms with E-state index in [-0.39, 0.29) is 0 Å². The van der Waals surface area contributed by atoms with Gasteiger partial charge in [-0.3, -0.25) is 0 Å². The van der Waals surface area contributed by atoms with Crippen LogP contribution in [0, 0.1) is 0 Å². The first-order valence-corrected chi connectivity index (χ1v) is 7.27. The van der Waals surface area contributed by atoms with Crippen LogP contribution in [0.3, 0.4) is 0 Å². The van der Waals surface area contributed by atoms with Crippen LogP contribution >= 0.6 is 0 Å². The lowest BCUT2D eigenvalue weighted by atomic mass is 10.1. The van der Waals surface area contributed by atoms with E-state index in [0.29, 0.717) is 6.54 Å². The van der Waals surface area contributed by atoms with Gasteiger partial charge in [-0.2, -0.15) is 0 Å². The van der Waals surface area contributed by atoms with Gasteiger partial charge < -0.3 is 19.6 Å². The van der Waals surface area contributed by atoms with E-state index in [2.05, 4.69) is 30.8 Å². The van der Waals surface area contributed by atoms with E-state index in [0.717, 1.165) is 37.4 Å². The molecule has 0 aromatic heterocycles. The Bertz CT molecular complexity index is 365. The third-order valence-electron chi connectivity index (χ3n) is 3.15. The summed E-state index contributed by atoms with van der Waals surface area (Å²) in [5.41, 5.74) is 0.936. The van der Waals surface area contributed by atoms with Crippen molar-refractivity contribution < 1.29 is 9.84 Å². The molecule has 4 nitrogen and oxygen atoms in total. The van der Waals surface area contributed by atoms with Gasteiger partial charge in [0.2, 0.25) is 0 Å². The van der Waals surface area contributed by atoms with E-state index >= 15 is 0 Å². The number of benzene rings is 1. The number of nitrogens with zero attached hydrogens (tertiary/aromatic N) is 2. The van der Waals surface area contributed by atoms with Crippen LogP contribution in [0.1, 0.15) is 25.0 Å². The zero-order valence-electron chi connectivity index (χ0n) is 13.2. The van der Waals surface area contributed by atoms with E-state index in [1.165, 1.54) is 0 Å². The first-order chi connectivity index (χ1) is 9.52. The molecule has 114 valence electrons. The van der Waals surface area contributed by atoms with Crippen LogP contribution in [-0.2, 0) is 0 Å². The lowest BCUT2D eigenvalue weighted by Crippen LogP contribution is -2.31. The first-order valence-electron chi connectivity index (χ1n) is 7.27. The minimum atomic E-state index is -0.456. The predicted molar refractivity (Wildman–Crippen MR) is 83.2 cm³/mol. The summed E-state index contributed by atoms with van der Waals surface area (Å²) in [5, 5.41) is 10.2. The molecule has 1 N–H and O–H groups in total. The van der Waals surface area contributed by atoms with Gasteiger partial charge in [-0.15, -0.1) is 0 Å². The van der Waals surface area contributed by atoms with Crippen LogP contribution in [-0.4, -0.2) is 62.3 Å². The second-order valence-electron chi connectivity index (χ2n) is 5.50. The second-order valence-corrected chi connectivity index (χ2v) is 5.50. The smallest absolute Gasteiger partial charge is 0.119 e. The van der Waals surface area contributed by atoms with Crippen LogP contribution in [0.25, 0.3) is 0 Å². The zero-order chi connectivity index (χ0) is 15.0. The Morgan fingerprint density at radius 1 is 1.10 bits per heavy atom. The van der Waals surface area contributed by atoms with Gasteiger partial charge in [0.15, 0.2) is 0 Å². The number of hydrogen-bond donors (Lipinski definition) is 1. The highest BCUT2D eigenvalue weighted by atomic mass is 16.5. The predicted octanol–water partition coefficient (Wildman–Crippen LogP) is 2.00. The Kier molecular flexibility index (Phi) is 7.59. The largest absolute Gasteiger partial charge is 0.494 e. The maximum atomic E-state index is 10.2. The Morgan fingerprint density at radius 2 is 1.75 bits per heavy atom. The summed E-state index contributed by atoms with van der Waals surface area (Å²) in [5.74, 6) is 0.865. The van der Waals surface area contributed by atoms with Crippen molar-refractivity contribution in [2.24, 2.45) is 0 Å². The molecule has 1 unspecified atom stereocenters. The van der Waals surface area contributed by atoms with Gasteiger partial charge in [-0.1, -0.05) is 19.1 Å². The molecule has 0 aliphatic heterocycles. The summed E-state index contributed by atoms with van der Waals surface area (Å²) in [6.45, 7) is 5.40. The van der Waals surface area contributed by atoms with Crippen LogP contribution in [0.2, 0.25) is 0 Å². The first kappa shape index (κ1) is 17.0. The number of ether oxygens (including phenoxy) is 1. The van der Waals surface area contributed by atoms with Gasteiger partial charge in [0.05, 0.1) is 12.7 Å². The van der Waals surface area contributed by atoms with Crippen molar-refractivity contribution in [3.63, 3.8) is 0 Å². The van der Waals surface area contributed by atoms with Crippen LogP contribution in [0.15, 0.2) is 24.3 Å². The minimum Gasteiger partial charge on any atom is -0.494 e. The van der Waals surface area contributed by atoms with E-state index in [4.69, 9.17) is 4.74 Å². The Hall–Kier alpha value is -1.10. The Balaban J connectivity index is 2.44. The Morgan fingerprint density at radius 3 is 2.30 bits per heavy atom. The molecule has 0 saturated carbocycles. The van der Waals surface area contributed by atoms with E-state index in [1.807, 2.05) is 31.3 Å². The molecule has 4 heteroatoms. The highest BCUT2D eigenvalue weighted by Gasteiger charge is 2.11. The molecule has 0 aliphatic carbocycles. The minimum absolute atomic E-state index is 0.456. The van der Waals surface area contributed by atoms with Crippen molar-refractivity contribution in [1.82, 2.24) is 9.80 Å². The second kappa shape index (κ2) is 8.95. The van der Waals surface area contributed by atoms with Crippen molar-refractivity contribution >= 4 is 0 Å². The molecule has 0 radical (unpaired) electrons. The molecule has 1 aromatic rings. The molecule has 0 spiro atoms. The van der Waals surface area contributed by atoms with Gasteiger partial charge in [0.1, 0.15) is 5.75 Å². The van der Waals surface area contributed by atoms with Crippen molar-refractivity contribution in [3.05, 3.63) is 29.8 Å². The molecule has 0 aliphatic rings. The average Bonchev–Trinajstić information content (AvgIpc) is 2.43. The van der Waals surface area contributed by atoms with Gasteiger partial charge in [-0.25, -0.2) is 0 Å². The van der Waals surface area contributed by atoms with Gasteiger partial charge in [-0.05, 0) is 45.3 Å². The highest BCUT2D eigenvalue weighted by molar-refractivity contribution is 5.28. The van der Waals surface area contributed by atoms with Gasteiger partial charge in [0, 0.05) is 19.6 Å². The van der Waals surface area contributed by atoms with Crippen molar-refractivity contribution in [1.29, 1.82) is 0 Å². The SMILES string of the molecule is CCCOc1ccc(C(O)CN(C)CCN(C)C)cc1. The number of aliphatic hydroxyl groups is 1. The number of hydrogen-bond acceptors (Lipinski definition) is 4. The van der Waals surface area contributed by atoms with Gasteiger partial charge in [0.25, 0.3) is 0 Å². The molecule has 0 fully saturated rings. The normalized spacial score (nSPS) is 12.9. The molecule has 20 heavy (non-hydrogen) atoms. The molecule has 1 atom stereocenters. The summed E-state index contributed by atoms with van der Waals surface area (Å²) in [4.78, 5) is 4.29. The molecule has 1 aromatic carbocycles. The lowest BCUT2D eigenvalue weighted by molar-refractivity contribution is 0.123. The maximum absolute atomic E-state index is 10.2. The summed E-state index contributed by atoms with van der Waals surface area (Å²) >= 11 is 0. The molecule has 0 saturated heterocycles. The summed E-state index contributed by atoms with van der Waals surface area (Å²) < 4.78 is 5.54. The standard InChI is InChI=1S/C16H28N2O2/c1-5-12-20-15-8-6-14(7-9-15)16(19)13-18(4)11-10-17(2)3/h6-9,16,19H,5,10-13H2,1-4H3. The van der Waals surface area contributed by atoms with E-state index in [9.17, 15) is 5.11 Å². The third kappa shape index (κ3) is 6.37. The van der Waals surface area contributed by atoms with Crippen LogP contribution in [0.5, 0.6) is 5.75 Å². The Labute approximate surface area is 123 Å². The molecule has 0 amide bonds. The van der Waals surface area contributed by atoms with Crippen LogP contribution < -0.4 is 4.74 Å². The van der Waals surface area contributed by atoms with Crippen LogP contribution in [0.4, 0.5) is 0 Å². The molecule has 1 rings (SSSR count). The maximum Gasteiger partial charge on any atom is 0.119 e. The van der Waals surface area contributed by atoms with E-state index < -0.39 is 6.10 Å². The number of likely N-dealkylation sites (N-methyl/N-ethyl adjacent to an activating group) is 2. The fourth-order valence-electron chi connectivity index (χ4n) is 1.87. The monoisotopic (exact) mass is 280 g/mol. The molecule has 0 heterocycles. The zero-order valence-corrected chi connectivity index (χ0v) is 13.2. The third-order valence-corrected chi connectivity index (χ3v) is 3.15. The molecule has 0 bridgehead atoms. The lowest BCUT2D eigenvalue weighted by Gasteiger charge is -2.22. The van der Waals surface area contributed by atoms with Crippen molar-refractivity contribution in [2.45, 2.75) is 19.4 Å². The summed E-state index contributed by atoms with van der Waals surface area (Å²) in [6.07, 6.45) is 0.545. The molecular formula is C16H28N2O2. The highest BCUT2D eigenvalue weighted by Crippen LogP contribution is 2.18. The van der Waals surface area contributed by atoms with Crippen molar-refractivity contribution in [2.75, 3.05) is 47.4 Å². The fraction of sp³-hybridized carbons (Fsp3) is 0.625.